The maximum Gasteiger partial charge on any atom is 0.322 e. The summed E-state index contributed by atoms with van der Waals surface area (Å²) in [4.78, 5) is 33.1. The number of carbonyl (C=O) groups excluding carboxylic acids is 2. The van der Waals surface area contributed by atoms with Crippen molar-refractivity contribution in [3.8, 4) is 0 Å². The minimum atomic E-state index is -1.11. The smallest absolute Gasteiger partial charge is 0.322 e. The third kappa shape index (κ3) is 5.67. The fourth-order valence-corrected chi connectivity index (χ4v) is 1.61. The topological polar surface area (TPSA) is 95.5 Å². The molecule has 19 heavy (non-hydrogen) atoms. The lowest BCUT2D eigenvalue weighted by Gasteiger charge is -2.17. The zero-order valence-electron chi connectivity index (χ0n) is 10.6. The highest BCUT2D eigenvalue weighted by Crippen LogP contribution is 2.16. The molecule has 6 nitrogen and oxygen atoms in total. The molecule has 0 saturated heterocycles. The monoisotopic (exact) mass is 264 g/mol. The molecule has 3 N–H and O–H groups in total. The zero-order chi connectivity index (χ0) is 14.3. The summed E-state index contributed by atoms with van der Waals surface area (Å²) in [6.07, 6.45) is -0.00310. The largest absolute Gasteiger partial charge is 0.480 e. The van der Waals surface area contributed by atoms with Crippen LogP contribution in [0, 0.1) is 0 Å². The van der Waals surface area contributed by atoms with Crippen molar-refractivity contribution < 1.29 is 19.5 Å². The second kappa shape index (κ2) is 7.15. The first kappa shape index (κ1) is 14.7. The summed E-state index contributed by atoms with van der Waals surface area (Å²) in [5.74, 6) is -1.78. The van der Waals surface area contributed by atoms with Gasteiger partial charge in [0.15, 0.2) is 0 Å². The van der Waals surface area contributed by atoms with Crippen LogP contribution in [0.4, 0.5) is 0 Å². The molecule has 0 aliphatic carbocycles. The summed E-state index contributed by atoms with van der Waals surface area (Å²) in [7, 11) is 0. The first-order chi connectivity index (χ1) is 8.99. The van der Waals surface area contributed by atoms with Gasteiger partial charge in [0.1, 0.15) is 6.54 Å². The number of hydrogen-bond acceptors (Lipinski definition) is 3. The Balaban J connectivity index is 2.67. The Morgan fingerprint density at radius 2 is 1.84 bits per heavy atom. The number of carboxylic acids is 1. The van der Waals surface area contributed by atoms with Crippen molar-refractivity contribution in [2.45, 2.75) is 19.4 Å². The second-order valence-corrected chi connectivity index (χ2v) is 4.04. The zero-order valence-corrected chi connectivity index (χ0v) is 10.6. The van der Waals surface area contributed by atoms with E-state index in [9.17, 15) is 14.4 Å². The molecule has 0 spiro atoms. The van der Waals surface area contributed by atoms with Gasteiger partial charge in [-0.3, -0.25) is 14.4 Å². The summed E-state index contributed by atoms with van der Waals surface area (Å²) in [6.45, 7) is 0.936. The minimum Gasteiger partial charge on any atom is -0.480 e. The van der Waals surface area contributed by atoms with Crippen LogP contribution in [0.5, 0.6) is 0 Å². The van der Waals surface area contributed by atoms with Gasteiger partial charge in [-0.2, -0.15) is 0 Å². The van der Waals surface area contributed by atoms with E-state index in [2.05, 4.69) is 10.6 Å². The lowest BCUT2D eigenvalue weighted by molar-refractivity contribution is -0.138. The van der Waals surface area contributed by atoms with Crippen LogP contribution in [-0.2, 0) is 14.4 Å². The van der Waals surface area contributed by atoms with Gasteiger partial charge in [-0.25, -0.2) is 0 Å². The lowest BCUT2D eigenvalue weighted by atomic mass is 10.0. The van der Waals surface area contributed by atoms with Gasteiger partial charge < -0.3 is 15.7 Å². The van der Waals surface area contributed by atoms with Crippen molar-refractivity contribution in [1.82, 2.24) is 10.6 Å². The van der Waals surface area contributed by atoms with Crippen LogP contribution < -0.4 is 10.6 Å². The molecule has 0 saturated carbocycles. The van der Waals surface area contributed by atoms with Crippen molar-refractivity contribution >= 4 is 17.8 Å². The van der Waals surface area contributed by atoms with Gasteiger partial charge >= 0.3 is 5.97 Å². The van der Waals surface area contributed by atoms with E-state index in [1.54, 1.807) is 24.3 Å². The molecule has 0 radical (unpaired) electrons. The molecule has 1 aromatic rings. The van der Waals surface area contributed by atoms with Crippen LogP contribution in [0.25, 0.3) is 0 Å². The number of aliphatic carboxylic acids is 1. The third-order valence-electron chi connectivity index (χ3n) is 2.41. The van der Waals surface area contributed by atoms with Crippen molar-refractivity contribution in [3.05, 3.63) is 35.9 Å². The van der Waals surface area contributed by atoms with Crippen molar-refractivity contribution in [2.75, 3.05) is 6.54 Å². The van der Waals surface area contributed by atoms with E-state index in [0.29, 0.717) is 0 Å². The van der Waals surface area contributed by atoms with Crippen LogP contribution in [0.15, 0.2) is 30.3 Å². The van der Waals surface area contributed by atoms with Crippen LogP contribution in [0.2, 0.25) is 0 Å². The minimum absolute atomic E-state index is 0.00310. The third-order valence-corrected chi connectivity index (χ3v) is 2.41. The summed E-state index contributed by atoms with van der Waals surface area (Å²) >= 11 is 0. The van der Waals surface area contributed by atoms with Gasteiger partial charge in [-0.1, -0.05) is 30.3 Å². The SMILES string of the molecule is CC(=O)NC(CC(=O)NCC(=O)O)c1ccccc1. The molecule has 1 unspecified atom stereocenters. The average Bonchev–Trinajstić information content (AvgIpc) is 2.36. The molecule has 102 valence electrons. The molecular weight excluding hydrogens is 248 g/mol. The fraction of sp³-hybridized carbons (Fsp3) is 0.308. The summed E-state index contributed by atoms with van der Waals surface area (Å²) in [5, 5.41) is 13.4. The van der Waals surface area contributed by atoms with E-state index < -0.39 is 24.5 Å². The van der Waals surface area contributed by atoms with Gasteiger partial charge in [0, 0.05) is 6.92 Å². The number of hydrogen-bond donors (Lipinski definition) is 3. The number of nitrogens with one attached hydrogen (secondary N) is 2. The normalized spacial score (nSPS) is 11.4. The van der Waals surface area contributed by atoms with E-state index in [1.807, 2.05) is 6.07 Å². The van der Waals surface area contributed by atoms with E-state index in [4.69, 9.17) is 5.11 Å². The molecule has 6 heteroatoms. The van der Waals surface area contributed by atoms with Gasteiger partial charge in [-0.05, 0) is 5.56 Å². The molecule has 1 rings (SSSR count). The number of rotatable bonds is 6. The van der Waals surface area contributed by atoms with Crippen LogP contribution in [-0.4, -0.2) is 29.4 Å². The maximum atomic E-state index is 11.6. The van der Waals surface area contributed by atoms with Gasteiger partial charge in [-0.15, -0.1) is 0 Å². The molecule has 0 heterocycles. The highest BCUT2D eigenvalue weighted by Gasteiger charge is 2.17. The Morgan fingerprint density at radius 1 is 1.21 bits per heavy atom. The Morgan fingerprint density at radius 3 is 2.37 bits per heavy atom. The number of carboxylic acid groups (broad SMARTS) is 1. The molecule has 1 aromatic carbocycles. The standard InChI is InChI=1S/C13H16N2O4/c1-9(16)15-11(10-5-3-2-4-6-10)7-12(17)14-8-13(18)19/h2-6,11H,7-8H2,1H3,(H,14,17)(H,15,16)(H,18,19). The van der Waals surface area contributed by atoms with Gasteiger partial charge in [0.2, 0.25) is 11.8 Å². The molecule has 0 aromatic heterocycles. The van der Waals surface area contributed by atoms with Gasteiger partial charge in [0.05, 0.1) is 12.5 Å². The molecule has 0 fully saturated rings. The van der Waals surface area contributed by atoms with E-state index >= 15 is 0 Å². The summed E-state index contributed by atoms with van der Waals surface area (Å²) in [5.41, 5.74) is 0.795. The quantitative estimate of drug-likeness (QED) is 0.695. The van der Waals surface area contributed by atoms with Crippen LogP contribution >= 0.6 is 0 Å². The number of amides is 2. The van der Waals surface area contributed by atoms with Crippen molar-refractivity contribution in [3.63, 3.8) is 0 Å². The number of carbonyl (C=O) groups is 3. The van der Waals surface area contributed by atoms with E-state index in [-0.39, 0.29) is 12.3 Å². The Kier molecular flexibility index (Phi) is 5.53. The first-order valence-electron chi connectivity index (χ1n) is 5.79. The lowest BCUT2D eigenvalue weighted by Crippen LogP contribution is -2.34. The number of benzene rings is 1. The molecule has 1 atom stereocenters. The Labute approximate surface area is 110 Å². The highest BCUT2D eigenvalue weighted by molar-refractivity contribution is 5.82. The molecule has 0 aliphatic rings. The molecular formula is C13H16N2O4. The summed E-state index contributed by atoms with van der Waals surface area (Å²) in [6, 6.07) is 8.57. The molecule has 0 aliphatic heterocycles. The van der Waals surface area contributed by atoms with Gasteiger partial charge in [0.25, 0.3) is 0 Å². The first-order valence-corrected chi connectivity index (χ1v) is 5.79. The summed E-state index contributed by atoms with van der Waals surface area (Å²) < 4.78 is 0. The molecule has 2 amide bonds. The van der Waals surface area contributed by atoms with Crippen molar-refractivity contribution in [1.29, 1.82) is 0 Å². The predicted molar refractivity (Wildman–Crippen MR) is 68.3 cm³/mol. The van der Waals surface area contributed by atoms with Crippen LogP contribution in [0.3, 0.4) is 0 Å². The van der Waals surface area contributed by atoms with Crippen LogP contribution in [0.1, 0.15) is 24.9 Å². The van der Waals surface area contributed by atoms with E-state index in [1.165, 1.54) is 6.92 Å². The predicted octanol–water partition coefficient (Wildman–Crippen LogP) is 0.455. The average molecular weight is 264 g/mol. The Bertz CT molecular complexity index is 459. The van der Waals surface area contributed by atoms with E-state index in [0.717, 1.165) is 5.56 Å². The molecule has 0 bridgehead atoms. The maximum absolute atomic E-state index is 11.6. The second-order valence-electron chi connectivity index (χ2n) is 4.04. The fourth-order valence-electron chi connectivity index (χ4n) is 1.61. The highest BCUT2D eigenvalue weighted by atomic mass is 16.4. The Hall–Kier alpha value is -2.37. The van der Waals surface area contributed by atoms with Crippen molar-refractivity contribution in [2.24, 2.45) is 0 Å².